The number of hydrogen-bond acceptors (Lipinski definition) is 4. The smallest absolute Gasteiger partial charge is 0.256 e. The molecule has 1 amide bonds. The molecule has 1 N–H and O–H groups in total. The van der Waals surface area contributed by atoms with E-state index in [4.69, 9.17) is 9.15 Å². The van der Waals surface area contributed by atoms with E-state index in [0.29, 0.717) is 17.0 Å². The maximum Gasteiger partial charge on any atom is 0.256 e. The summed E-state index contributed by atoms with van der Waals surface area (Å²) in [5, 5.41) is 4.67. The van der Waals surface area contributed by atoms with Crippen molar-refractivity contribution >= 4 is 33.5 Å². The van der Waals surface area contributed by atoms with Crippen molar-refractivity contribution in [2.24, 2.45) is 7.05 Å². The van der Waals surface area contributed by atoms with Crippen molar-refractivity contribution in [1.82, 2.24) is 4.57 Å². The molecule has 0 aliphatic heterocycles. The monoisotopic (exact) mass is 348 g/mol. The first-order chi connectivity index (χ1) is 12.6. The van der Waals surface area contributed by atoms with Gasteiger partial charge in [-0.05, 0) is 18.2 Å². The number of rotatable bonds is 3. The number of aryl methyl sites for hydroxylation is 1. The fraction of sp³-hybridized carbons (Fsp3) is 0.100. The average Bonchev–Trinajstić information content (AvgIpc) is 3.00. The van der Waals surface area contributed by atoms with Crippen molar-refractivity contribution in [3.63, 3.8) is 0 Å². The van der Waals surface area contributed by atoms with Gasteiger partial charge in [0.1, 0.15) is 16.9 Å². The number of aromatic nitrogens is 1. The zero-order chi connectivity index (χ0) is 18.3. The molecule has 4 rings (SSSR count). The molecule has 6 nitrogen and oxygen atoms in total. The fourth-order valence-corrected chi connectivity index (χ4v) is 2.90. The first kappa shape index (κ1) is 16.0. The number of benzene rings is 2. The lowest BCUT2D eigenvalue weighted by molar-refractivity contribution is 0.102. The Morgan fingerprint density at radius 3 is 2.65 bits per heavy atom. The lowest BCUT2D eigenvalue weighted by Crippen LogP contribution is -2.20. The van der Waals surface area contributed by atoms with Gasteiger partial charge in [0, 0.05) is 41.7 Å². The van der Waals surface area contributed by atoms with Gasteiger partial charge in [-0.3, -0.25) is 9.59 Å². The lowest BCUT2D eigenvalue weighted by atomic mass is 10.1. The molecule has 0 spiro atoms. The Morgan fingerprint density at radius 1 is 1.08 bits per heavy atom. The van der Waals surface area contributed by atoms with Crippen LogP contribution in [0.4, 0.5) is 5.69 Å². The van der Waals surface area contributed by atoms with Crippen LogP contribution >= 0.6 is 0 Å². The van der Waals surface area contributed by atoms with Crippen molar-refractivity contribution in [2.45, 2.75) is 0 Å². The normalized spacial score (nSPS) is 11.0. The van der Waals surface area contributed by atoms with Gasteiger partial charge in [0.2, 0.25) is 0 Å². The van der Waals surface area contributed by atoms with Crippen molar-refractivity contribution in [3.8, 4) is 5.75 Å². The highest BCUT2D eigenvalue weighted by atomic mass is 16.5. The number of fused-ring (bicyclic) bond motifs is 3. The first-order valence-corrected chi connectivity index (χ1v) is 8.04. The van der Waals surface area contributed by atoms with E-state index in [1.165, 1.54) is 17.7 Å². The summed E-state index contributed by atoms with van der Waals surface area (Å²) in [5.74, 6) is 0.123. The quantitative estimate of drug-likeness (QED) is 0.614. The third-order valence-electron chi connectivity index (χ3n) is 4.31. The number of carbonyl (C=O) groups excluding carboxylic acids is 1. The number of anilines is 1. The number of para-hydroxylation sites is 1. The van der Waals surface area contributed by atoms with Crippen LogP contribution in [0, 0.1) is 0 Å². The lowest BCUT2D eigenvalue weighted by Gasteiger charge is -2.10. The summed E-state index contributed by atoms with van der Waals surface area (Å²) in [6.07, 6.45) is 1.55. The molecule has 0 fully saturated rings. The summed E-state index contributed by atoms with van der Waals surface area (Å²) in [7, 11) is 3.17. The van der Waals surface area contributed by atoms with Crippen LogP contribution < -0.4 is 15.6 Å². The second-order valence-electron chi connectivity index (χ2n) is 5.97. The SMILES string of the molecule is COc1cc2c(cc1NC(=O)c1ccn(C)c(=O)c1)oc1ccccc12. The highest BCUT2D eigenvalue weighted by Crippen LogP contribution is 2.36. The number of pyridine rings is 1. The fourth-order valence-electron chi connectivity index (χ4n) is 2.90. The van der Waals surface area contributed by atoms with Crippen LogP contribution in [0.5, 0.6) is 5.75 Å². The minimum atomic E-state index is -0.392. The average molecular weight is 348 g/mol. The van der Waals surface area contributed by atoms with Crippen molar-refractivity contribution in [2.75, 3.05) is 12.4 Å². The van der Waals surface area contributed by atoms with Crippen LogP contribution in [0.15, 0.2) is 63.9 Å². The standard InChI is InChI=1S/C20H16N2O4/c1-22-8-7-12(9-19(22)23)20(24)21-15-11-17-14(10-18(15)25-2)13-5-3-4-6-16(13)26-17/h3-11H,1-2H3,(H,21,24). The third-order valence-corrected chi connectivity index (χ3v) is 4.31. The molecule has 0 aliphatic rings. The van der Waals surface area contributed by atoms with Gasteiger partial charge in [-0.1, -0.05) is 18.2 Å². The zero-order valence-corrected chi connectivity index (χ0v) is 14.3. The minimum Gasteiger partial charge on any atom is -0.495 e. The topological polar surface area (TPSA) is 73.5 Å². The molecule has 2 heterocycles. The summed E-state index contributed by atoms with van der Waals surface area (Å²) >= 11 is 0. The number of methoxy groups -OCH3 is 1. The Balaban J connectivity index is 1.77. The molecule has 26 heavy (non-hydrogen) atoms. The number of ether oxygens (including phenoxy) is 1. The zero-order valence-electron chi connectivity index (χ0n) is 14.3. The number of amides is 1. The Kier molecular flexibility index (Phi) is 3.73. The molecule has 0 unspecified atom stereocenters. The van der Waals surface area contributed by atoms with E-state index >= 15 is 0 Å². The second-order valence-corrected chi connectivity index (χ2v) is 5.97. The predicted molar refractivity (Wildman–Crippen MR) is 99.9 cm³/mol. The predicted octanol–water partition coefficient (Wildman–Crippen LogP) is 3.55. The molecular formula is C20H16N2O4. The Morgan fingerprint density at radius 2 is 1.88 bits per heavy atom. The summed E-state index contributed by atoms with van der Waals surface area (Å²) < 4.78 is 12.7. The van der Waals surface area contributed by atoms with Gasteiger partial charge < -0.3 is 19.0 Å². The highest BCUT2D eigenvalue weighted by molar-refractivity contribution is 6.09. The summed E-state index contributed by atoms with van der Waals surface area (Å²) in [5.41, 5.74) is 1.91. The molecule has 0 aliphatic carbocycles. The third kappa shape index (κ3) is 2.61. The van der Waals surface area contributed by atoms with Gasteiger partial charge in [-0.15, -0.1) is 0 Å². The number of furan rings is 1. The molecule has 6 heteroatoms. The van der Waals surface area contributed by atoms with E-state index < -0.39 is 5.91 Å². The van der Waals surface area contributed by atoms with Crippen LogP contribution in [0.25, 0.3) is 21.9 Å². The Bertz CT molecular complexity index is 1200. The summed E-state index contributed by atoms with van der Waals surface area (Å²) in [4.78, 5) is 24.2. The van der Waals surface area contributed by atoms with Crippen LogP contribution in [0.1, 0.15) is 10.4 Å². The first-order valence-electron chi connectivity index (χ1n) is 8.04. The van der Waals surface area contributed by atoms with Gasteiger partial charge in [-0.25, -0.2) is 0 Å². The molecule has 0 atom stereocenters. The minimum absolute atomic E-state index is 0.252. The highest BCUT2D eigenvalue weighted by Gasteiger charge is 2.15. The van der Waals surface area contributed by atoms with E-state index in [1.54, 1.807) is 25.4 Å². The molecule has 4 aromatic rings. The van der Waals surface area contributed by atoms with E-state index in [2.05, 4.69) is 5.32 Å². The molecule has 0 saturated heterocycles. The summed E-state index contributed by atoms with van der Waals surface area (Å²) in [6.45, 7) is 0. The van der Waals surface area contributed by atoms with Gasteiger partial charge in [0.05, 0.1) is 12.8 Å². The second kappa shape index (κ2) is 6.07. The van der Waals surface area contributed by atoms with Gasteiger partial charge in [-0.2, -0.15) is 0 Å². The van der Waals surface area contributed by atoms with Crippen molar-refractivity contribution in [3.05, 3.63) is 70.6 Å². The maximum absolute atomic E-state index is 12.5. The molecular weight excluding hydrogens is 332 g/mol. The number of carbonyl (C=O) groups is 1. The van der Waals surface area contributed by atoms with E-state index in [9.17, 15) is 9.59 Å². The molecule has 130 valence electrons. The summed E-state index contributed by atoms with van der Waals surface area (Å²) in [6, 6.07) is 14.1. The van der Waals surface area contributed by atoms with Crippen LogP contribution in [0.3, 0.4) is 0 Å². The number of nitrogens with zero attached hydrogens (tertiary/aromatic N) is 1. The van der Waals surface area contributed by atoms with Gasteiger partial charge in [0.25, 0.3) is 11.5 Å². The molecule has 2 aromatic heterocycles. The number of nitrogens with one attached hydrogen (secondary N) is 1. The largest absolute Gasteiger partial charge is 0.495 e. The van der Waals surface area contributed by atoms with Crippen LogP contribution in [-0.2, 0) is 7.05 Å². The Labute approximate surface area is 148 Å². The van der Waals surface area contributed by atoms with E-state index in [0.717, 1.165) is 16.4 Å². The number of hydrogen-bond donors (Lipinski definition) is 1. The maximum atomic E-state index is 12.5. The molecule has 2 aromatic carbocycles. The Hall–Kier alpha value is -3.54. The van der Waals surface area contributed by atoms with Gasteiger partial charge in [0.15, 0.2) is 0 Å². The molecule has 0 bridgehead atoms. The molecule has 0 saturated carbocycles. The van der Waals surface area contributed by atoms with Crippen LogP contribution in [0.2, 0.25) is 0 Å². The van der Waals surface area contributed by atoms with Crippen molar-refractivity contribution < 1.29 is 13.9 Å². The van der Waals surface area contributed by atoms with E-state index in [1.807, 2.05) is 30.3 Å². The van der Waals surface area contributed by atoms with Gasteiger partial charge >= 0.3 is 0 Å². The van der Waals surface area contributed by atoms with Crippen LogP contribution in [-0.4, -0.2) is 17.6 Å². The van der Waals surface area contributed by atoms with E-state index in [-0.39, 0.29) is 11.1 Å². The molecule has 0 radical (unpaired) electrons. The van der Waals surface area contributed by atoms with Crippen molar-refractivity contribution in [1.29, 1.82) is 0 Å².